The van der Waals surface area contributed by atoms with Gasteiger partial charge in [0.05, 0.1) is 5.92 Å². The van der Waals surface area contributed by atoms with E-state index in [0.29, 0.717) is 0 Å². The Bertz CT molecular complexity index is 498. The van der Waals surface area contributed by atoms with Crippen molar-refractivity contribution in [3.8, 4) is 0 Å². The lowest BCUT2D eigenvalue weighted by atomic mass is 10.1. The van der Waals surface area contributed by atoms with Crippen molar-refractivity contribution in [3.63, 3.8) is 0 Å². The van der Waals surface area contributed by atoms with Gasteiger partial charge < -0.3 is 14.9 Å². The second kappa shape index (κ2) is 6.05. The third kappa shape index (κ3) is 3.17. The molecule has 0 radical (unpaired) electrons. The normalized spacial score (nSPS) is 18.9. The highest BCUT2D eigenvalue weighted by atomic mass is 16.4. The summed E-state index contributed by atoms with van der Waals surface area (Å²) in [4.78, 5) is 26.6. The molecule has 5 heteroatoms. The molecule has 1 unspecified atom stereocenters. The highest BCUT2D eigenvalue weighted by Gasteiger charge is 2.34. The Morgan fingerprint density at radius 1 is 1.40 bits per heavy atom. The minimum atomic E-state index is -0.901. The van der Waals surface area contributed by atoms with Crippen molar-refractivity contribution in [1.29, 1.82) is 0 Å². The van der Waals surface area contributed by atoms with Crippen LogP contribution in [-0.2, 0) is 16.1 Å². The molecule has 5 nitrogen and oxygen atoms in total. The van der Waals surface area contributed by atoms with Crippen molar-refractivity contribution >= 4 is 17.6 Å². The summed E-state index contributed by atoms with van der Waals surface area (Å²) in [5.74, 6) is -1.61. The van der Waals surface area contributed by atoms with E-state index in [1.807, 2.05) is 24.3 Å². The molecule has 1 aromatic carbocycles. The van der Waals surface area contributed by atoms with Crippen LogP contribution in [0.3, 0.4) is 0 Å². The summed E-state index contributed by atoms with van der Waals surface area (Å²) in [6.45, 7) is 4.21. The molecule has 1 saturated heterocycles. The maximum absolute atomic E-state index is 11.9. The van der Waals surface area contributed by atoms with Gasteiger partial charge in [0.25, 0.3) is 0 Å². The van der Waals surface area contributed by atoms with Crippen LogP contribution in [0.2, 0.25) is 0 Å². The van der Waals surface area contributed by atoms with E-state index in [4.69, 9.17) is 5.11 Å². The van der Waals surface area contributed by atoms with Gasteiger partial charge in [-0.3, -0.25) is 9.59 Å². The van der Waals surface area contributed by atoms with Crippen LogP contribution in [0.1, 0.15) is 18.9 Å². The molecule has 1 atom stereocenters. The number of carbonyl (C=O) groups excluding carboxylic acids is 1. The van der Waals surface area contributed by atoms with Crippen LogP contribution >= 0.6 is 0 Å². The zero-order valence-corrected chi connectivity index (χ0v) is 11.9. The lowest BCUT2D eigenvalue weighted by Crippen LogP contribution is -2.25. The van der Waals surface area contributed by atoms with Gasteiger partial charge in [-0.05, 0) is 31.3 Å². The molecule has 1 heterocycles. The van der Waals surface area contributed by atoms with Gasteiger partial charge in [-0.25, -0.2) is 0 Å². The smallest absolute Gasteiger partial charge is 0.308 e. The first-order valence-electron chi connectivity index (χ1n) is 6.82. The summed E-state index contributed by atoms with van der Waals surface area (Å²) in [5, 5.41) is 8.98. The Morgan fingerprint density at radius 2 is 2.05 bits per heavy atom. The number of aliphatic carboxylic acids is 1. The van der Waals surface area contributed by atoms with Gasteiger partial charge in [-0.2, -0.15) is 0 Å². The number of carboxylic acids is 1. The molecule has 1 aliphatic rings. The van der Waals surface area contributed by atoms with Gasteiger partial charge in [0.15, 0.2) is 0 Å². The van der Waals surface area contributed by atoms with Gasteiger partial charge in [0.2, 0.25) is 5.91 Å². The van der Waals surface area contributed by atoms with E-state index in [2.05, 4.69) is 18.9 Å². The van der Waals surface area contributed by atoms with Crippen LogP contribution in [0.4, 0.5) is 5.69 Å². The molecule has 0 aliphatic carbocycles. The summed E-state index contributed by atoms with van der Waals surface area (Å²) in [7, 11) is 2.05. The van der Waals surface area contributed by atoms with Crippen molar-refractivity contribution in [3.05, 3.63) is 29.8 Å². The van der Waals surface area contributed by atoms with Crippen LogP contribution in [0.25, 0.3) is 0 Å². The van der Waals surface area contributed by atoms with E-state index in [1.54, 1.807) is 4.90 Å². The fourth-order valence-electron chi connectivity index (χ4n) is 2.33. The molecule has 1 N–H and O–H groups in total. The second-order valence-electron chi connectivity index (χ2n) is 5.24. The van der Waals surface area contributed by atoms with E-state index in [9.17, 15) is 9.59 Å². The first-order valence-corrected chi connectivity index (χ1v) is 6.82. The SMILES string of the molecule is CCN(C)Cc1ccc(N2CC(C(=O)O)CC2=O)cc1. The number of rotatable bonds is 5. The molecule has 1 amide bonds. The number of carbonyl (C=O) groups is 2. The zero-order chi connectivity index (χ0) is 14.7. The molecule has 0 spiro atoms. The van der Waals surface area contributed by atoms with Crippen molar-refractivity contribution in [2.24, 2.45) is 5.92 Å². The van der Waals surface area contributed by atoms with Crippen LogP contribution in [0.15, 0.2) is 24.3 Å². The standard InChI is InChI=1S/C15H20N2O3/c1-3-16(2)9-11-4-6-13(7-5-11)17-10-12(15(19)20)8-14(17)18/h4-7,12H,3,8-10H2,1-2H3,(H,19,20). The minimum Gasteiger partial charge on any atom is -0.481 e. The first kappa shape index (κ1) is 14.5. The molecule has 1 fully saturated rings. The molecule has 0 bridgehead atoms. The van der Waals surface area contributed by atoms with Crippen molar-refractivity contribution < 1.29 is 14.7 Å². The summed E-state index contributed by atoms with van der Waals surface area (Å²) < 4.78 is 0. The Labute approximate surface area is 118 Å². The van der Waals surface area contributed by atoms with E-state index in [-0.39, 0.29) is 18.9 Å². The monoisotopic (exact) mass is 276 g/mol. The van der Waals surface area contributed by atoms with Gasteiger partial charge >= 0.3 is 5.97 Å². The maximum Gasteiger partial charge on any atom is 0.308 e. The second-order valence-corrected chi connectivity index (χ2v) is 5.24. The van der Waals surface area contributed by atoms with Crippen LogP contribution in [0.5, 0.6) is 0 Å². The molecule has 0 aromatic heterocycles. The highest BCUT2D eigenvalue weighted by molar-refractivity contribution is 5.99. The Balaban J connectivity index is 2.07. The molecular formula is C15H20N2O3. The Hall–Kier alpha value is -1.88. The van der Waals surface area contributed by atoms with E-state index >= 15 is 0 Å². The number of hydrogen-bond acceptors (Lipinski definition) is 3. The van der Waals surface area contributed by atoms with Gasteiger partial charge in [-0.1, -0.05) is 19.1 Å². The summed E-state index contributed by atoms with van der Waals surface area (Å²) in [6, 6.07) is 7.76. The van der Waals surface area contributed by atoms with Crippen molar-refractivity contribution in [1.82, 2.24) is 4.90 Å². The van der Waals surface area contributed by atoms with E-state index < -0.39 is 11.9 Å². The Kier molecular flexibility index (Phi) is 4.39. The number of carboxylic acid groups (broad SMARTS) is 1. The molecule has 108 valence electrons. The number of anilines is 1. The molecular weight excluding hydrogens is 256 g/mol. The molecule has 2 rings (SSSR count). The topological polar surface area (TPSA) is 60.9 Å². The van der Waals surface area contributed by atoms with Crippen LogP contribution < -0.4 is 4.90 Å². The van der Waals surface area contributed by atoms with Crippen LogP contribution in [-0.4, -0.2) is 42.0 Å². The number of hydrogen-bond donors (Lipinski definition) is 1. The van der Waals surface area contributed by atoms with Crippen molar-refractivity contribution in [2.75, 3.05) is 25.0 Å². The van der Waals surface area contributed by atoms with E-state index in [0.717, 1.165) is 18.8 Å². The maximum atomic E-state index is 11.9. The first-order chi connectivity index (χ1) is 9.51. The number of nitrogens with zero attached hydrogens (tertiary/aromatic N) is 2. The van der Waals surface area contributed by atoms with Gasteiger partial charge in [-0.15, -0.1) is 0 Å². The zero-order valence-electron chi connectivity index (χ0n) is 11.9. The summed E-state index contributed by atoms with van der Waals surface area (Å²) >= 11 is 0. The molecule has 20 heavy (non-hydrogen) atoms. The van der Waals surface area contributed by atoms with Gasteiger partial charge in [0, 0.05) is 25.2 Å². The predicted molar refractivity (Wildman–Crippen MR) is 76.5 cm³/mol. The largest absolute Gasteiger partial charge is 0.481 e. The van der Waals surface area contributed by atoms with Gasteiger partial charge in [0.1, 0.15) is 0 Å². The third-order valence-electron chi connectivity index (χ3n) is 3.71. The average Bonchev–Trinajstić information content (AvgIpc) is 2.82. The highest BCUT2D eigenvalue weighted by Crippen LogP contribution is 2.25. The summed E-state index contributed by atoms with van der Waals surface area (Å²) in [5.41, 5.74) is 1.96. The number of amides is 1. The quantitative estimate of drug-likeness (QED) is 0.887. The van der Waals surface area contributed by atoms with Crippen LogP contribution in [0, 0.1) is 5.92 Å². The minimum absolute atomic E-state index is 0.0929. The number of benzene rings is 1. The lowest BCUT2D eigenvalue weighted by Gasteiger charge is -2.18. The van der Waals surface area contributed by atoms with Crippen molar-refractivity contribution in [2.45, 2.75) is 19.9 Å². The predicted octanol–water partition coefficient (Wildman–Crippen LogP) is 1.58. The Morgan fingerprint density at radius 3 is 2.55 bits per heavy atom. The lowest BCUT2D eigenvalue weighted by molar-refractivity contribution is -0.141. The molecule has 1 aromatic rings. The fraction of sp³-hybridized carbons (Fsp3) is 0.467. The fourth-order valence-corrected chi connectivity index (χ4v) is 2.33. The molecule has 1 aliphatic heterocycles. The molecule has 0 saturated carbocycles. The van der Waals surface area contributed by atoms with E-state index in [1.165, 1.54) is 5.56 Å². The summed E-state index contributed by atoms with van der Waals surface area (Å²) in [6.07, 6.45) is 0.0929. The average molecular weight is 276 g/mol. The third-order valence-corrected chi connectivity index (χ3v) is 3.71.